The lowest BCUT2D eigenvalue weighted by atomic mass is 9.91. The van der Waals surface area contributed by atoms with E-state index in [0.717, 1.165) is 30.7 Å². The number of nitrogens with zero attached hydrogens (tertiary/aromatic N) is 3. The molecular weight excluding hydrogens is 290 g/mol. The Morgan fingerprint density at radius 1 is 1.05 bits per heavy atom. The zero-order valence-corrected chi connectivity index (χ0v) is 14.7. The van der Waals surface area contributed by atoms with E-state index < -0.39 is 0 Å². The van der Waals surface area contributed by atoms with Crippen LogP contribution < -0.4 is 4.90 Å². The smallest absolute Gasteiger partial charge is 0.141 e. The number of anilines is 1. The minimum Gasteiger partial charge on any atom is -0.355 e. The van der Waals surface area contributed by atoms with Crippen molar-refractivity contribution in [3.63, 3.8) is 0 Å². The Hall–Kier alpha value is -1.16. The predicted octanol–water partition coefficient (Wildman–Crippen LogP) is 4.36. The molecule has 1 aliphatic heterocycles. The second-order valence-electron chi connectivity index (χ2n) is 7.34. The normalized spacial score (nSPS) is 25.5. The lowest BCUT2D eigenvalue weighted by molar-refractivity contribution is 0.355. The van der Waals surface area contributed by atoms with Crippen molar-refractivity contribution >= 4 is 27.4 Å². The molecule has 2 aromatic rings. The van der Waals surface area contributed by atoms with Crippen molar-refractivity contribution in [3.8, 4) is 0 Å². The summed E-state index contributed by atoms with van der Waals surface area (Å²) < 4.78 is 0. The highest BCUT2D eigenvalue weighted by atomic mass is 32.1. The Kier molecular flexibility index (Phi) is 3.60. The van der Waals surface area contributed by atoms with E-state index in [9.17, 15) is 0 Å². The monoisotopic (exact) mass is 315 g/mol. The van der Waals surface area contributed by atoms with Crippen molar-refractivity contribution in [1.29, 1.82) is 0 Å². The topological polar surface area (TPSA) is 29.0 Å². The summed E-state index contributed by atoms with van der Waals surface area (Å²) in [4.78, 5) is 15.0. The fourth-order valence-electron chi connectivity index (χ4n) is 4.31. The van der Waals surface area contributed by atoms with Gasteiger partial charge in [-0.25, -0.2) is 9.97 Å². The lowest BCUT2D eigenvalue weighted by Crippen LogP contribution is -2.39. The molecule has 1 fully saturated rings. The molecule has 3 nitrogen and oxygen atoms in total. The summed E-state index contributed by atoms with van der Waals surface area (Å²) in [5, 5.41) is 1.38. The van der Waals surface area contributed by atoms with Crippen LogP contribution in [0.25, 0.3) is 10.2 Å². The fourth-order valence-corrected chi connectivity index (χ4v) is 5.61. The quantitative estimate of drug-likeness (QED) is 0.783. The average Bonchev–Trinajstić information content (AvgIpc) is 2.83. The van der Waals surface area contributed by atoms with Crippen molar-refractivity contribution in [2.75, 3.05) is 18.0 Å². The van der Waals surface area contributed by atoms with Crippen LogP contribution in [-0.4, -0.2) is 23.1 Å². The van der Waals surface area contributed by atoms with Crippen LogP contribution in [-0.2, 0) is 12.8 Å². The minimum absolute atomic E-state index is 0.753. The van der Waals surface area contributed by atoms with E-state index in [1.165, 1.54) is 48.1 Å². The van der Waals surface area contributed by atoms with Gasteiger partial charge >= 0.3 is 0 Å². The Morgan fingerprint density at radius 3 is 2.55 bits per heavy atom. The molecule has 0 N–H and O–H groups in total. The number of aryl methyl sites for hydroxylation is 3. The second-order valence-corrected chi connectivity index (χ2v) is 8.42. The summed E-state index contributed by atoms with van der Waals surface area (Å²) in [5.74, 6) is 3.65. The van der Waals surface area contributed by atoms with Gasteiger partial charge in [0.1, 0.15) is 16.5 Å². The molecule has 118 valence electrons. The molecule has 4 rings (SSSR count). The van der Waals surface area contributed by atoms with Crippen molar-refractivity contribution in [3.05, 3.63) is 16.3 Å². The molecule has 0 aromatic carbocycles. The first-order valence-corrected chi connectivity index (χ1v) is 9.47. The highest BCUT2D eigenvalue weighted by Crippen LogP contribution is 2.40. The van der Waals surface area contributed by atoms with Crippen LogP contribution in [0.5, 0.6) is 0 Å². The van der Waals surface area contributed by atoms with Crippen molar-refractivity contribution in [2.45, 2.75) is 52.9 Å². The number of aromatic nitrogens is 2. The standard InChI is InChI=1S/C18H25N3S/c1-11-8-12(2)10-21(9-11)17-16-14-6-4-5-7-15(14)22-18(16)20-13(3)19-17/h11-12H,4-10H2,1-3H3/t11-,12-/m0/s1. The van der Waals surface area contributed by atoms with E-state index in [1.54, 1.807) is 10.4 Å². The maximum Gasteiger partial charge on any atom is 0.141 e. The van der Waals surface area contributed by atoms with Gasteiger partial charge in [0.05, 0.1) is 5.39 Å². The summed E-state index contributed by atoms with van der Waals surface area (Å²) in [6.07, 6.45) is 6.44. The van der Waals surface area contributed by atoms with Gasteiger partial charge in [-0.05, 0) is 56.4 Å². The zero-order chi connectivity index (χ0) is 15.3. The number of piperidine rings is 1. The van der Waals surface area contributed by atoms with Crippen LogP contribution in [0.2, 0.25) is 0 Å². The molecule has 1 aliphatic carbocycles. The highest BCUT2D eigenvalue weighted by molar-refractivity contribution is 7.19. The second kappa shape index (κ2) is 5.48. The largest absolute Gasteiger partial charge is 0.355 e. The molecule has 1 saturated heterocycles. The summed E-state index contributed by atoms with van der Waals surface area (Å²) in [7, 11) is 0. The van der Waals surface area contributed by atoms with Crippen molar-refractivity contribution in [1.82, 2.24) is 9.97 Å². The molecule has 2 atom stereocenters. The summed E-state index contributed by atoms with van der Waals surface area (Å²) in [6.45, 7) is 9.06. The molecule has 0 radical (unpaired) electrons. The van der Waals surface area contributed by atoms with Gasteiger partial charge in [-0.2, -0.15) is 0 Å². The van der Waals surface area contributed by atoms with Crippen LogP contribution in [0.15, 0.2) is 0 Å². The van der Waals surface area contributed by atoms with Gasteiger partial charge in [0.25, 0.3) is 0 Å². The van der Waals surface area contributed by atoms with Gasteiger partial charge in [0.15, 0.2) is 0 Å². The molecular formula is C18H25N3S. The molecule has 2 aliphatic rings. The molecule has 0 unspecified atom stereocenters. The zero-order valence-electron chi connectivity index (χ0n) is 13.9. The molecule has 2 aromatic heterocycles. The fraction of sp³-hybridized carbons (Fsp3) is 0.667. The Bertz CT molecular complexity index is 696. The van der Waals surface area contributed by atoms with E-state index >= 15 is 0 Å². The highest BCUT2D eigenvalue weighted by Gasteiger charge is 2.27. The third kappa shape index (κ3) is 2.41. The van der Waals surface area contributed by atoms with Crippen LogP contribution >= 0.6 is 11.3 Å². The van der Waals surface area contributed by atoms with E-state index in [4.69, 9.17) is 9.97 Å². The van der Waals surface area contributed by atoms with E-state index in [2.05, 4.69) is 18.7 Å². The van der Waals surface area contributed by atoms with Gasteiger partial charge in [-0.3, -0.25) is 0 Å². The Balaban J connectivity index is 1.87. The SMILES string of the molecule is Cc1nc(N2C[C@@H](C)C[C@H](C)C2)c2c3c(sc2n1)CCCC3. The van der Waals surface area contributed by atoms with Gasteiger partial charge in [0, 0.05) is 18.0 Å². The molecule has 22 heavy (non-hydrogen) atoms. The Labute approximate surface area is 136 Å². The summed E-state index contributed by atoms with van der Waals surface area (Å²) in [5.41, 5.74) is 1.56. The number of hydrogen-bond donors (Lipinski definition) is 0. The third-order valence-corrected chi connectivity index (χ3v) is 6.26. The number of rotatable bonds is 1. The molecule has 0 bridgehead atoms. The van der Waals surface area contributed by atoms with Gasteiger partial charge < -0.3 is 4.90 Å². The number of thiophene rings is 1. The maximum absolute atomic E-state index is 4.90. The number of hydrogen-bond acceptors (Lipinski definition) is 4. The summed E-state index contributed by atoms with van der Waals surface area (Å²) in [6, 6.07) is 0. The first kappa shape index (κ1) is 14.4. The van der Waals surface area contributed by atoms with Crippen molar-refractivity contribution < 1.29 is 0 Å². The minimum atomic E-state index is 0.753. The molecule has 0 amide bonds. The maximum atomic E-state index is 4.90. The molecule has 0 saturated carbocycles. The van der Waals surface area contributed by atoms with Crippen LogP contribution in [0.3, 0.4) is 0 Å². The van der Waals surface area contributed by atoms with Gasteiger partial charge in [0.2, 0.25) is 0 Å². The van der Waals surface area contributed by atoms with Crippen LogP contribution in [0.4, 0.5) is 5.82 Å². The Morgan fingerprint density at radius 2 is 1.77 bits per heavy atom. The van der Waals surface area contributed by atoms with Gasteiger partial charge in [-0.1, -0.05) is 13.8 Å². The van der Waals surface area contributed by atoms with Crippen molar-refractivity contribution in [2.24, 2.45) is 11.8 Å². The molecule has 4 heteroatoms. The predicted molar refractivity (Wildman–Crippen MR) is 94.0 cm³/mol. The lowest BCUT2D eigenvalue weighted by Gasteiger charge is -2.36. The first-order chi connectivity index (χ1) is 10.6. The van der Waals surface area contributed by atoms with Crippen LogP contribution in [0, 0.1) is 18.8 Å². The average molecular weight is 315 g/mol. The number of fused-ring (bicyclic) bond motifs is 3. The first-order valence-electron chi connectivity index (χ1n) is 8.65. The summed E-state index contributed by atoms with van der Waals surface area (Å²) >= 11 is 1.92. The van der Waals surface area contributed by atoms with E-state index in [1.807, 2.05) is 18.3 Å². The van der Waals surface area contributed by atoms with E-state index in [-0.39, 0.29) is 0 Å². The molecule has 0 spiro atoms. The van der Waals surface area contributed by atoms with E-state index in [0.29, 0.717) is 0 Å². The van der Waals surface area contributed by atoms with Crippen LogP contribution in [0.1, 0.15) is 49.4 Å². The molecule has 3 heterocycles. The van der Waals surface area contributed by atoms with Gasteiger partial charge in [-0.15, -0.1) is 11.3 Å². The third-order valence-electron chi connectivity index (χ3n) is 5.08.